The molecule has 1 heterocycles. The third-order valence-electron chi connectivity index (χ3n) is 2.72. The summed E-state index contributed by atoms with van der Waals surface area (Å²) in [4.78, 5) is 0. The van der Waals surface area contributed by atoms with Gasteiger partial charge in [-0.05, 0) is 38.0 Å². The van der Waals surface area contributed by atoms with E-state index in [1.807, 2.05) is 38.1 Å². The van der Waals surface area contributed by atoms with Gasteiger partial charge in [-0.25, -0.2) is 0 Å². The maximum absolute atomic E-state index is 5.97. The van der Waals surface area contributed by atoms with E-state index >= 15 is 0 Å². The zero-order valence-corrected chi connectivity index (χ0v) is 9.85. The van der Waals surface area contributed by atoms with E-state index in [0.717, 1.165) is 24.3 Å². The van der Waals surface area contributed by atoms with Crippen LogP contribution in [0.1, 0.15) is 31.9 Å². The fourth-order valence-corrected chi connectivity index (χ4v) is 1.96. The Bertz CT molecular complexity index is 334. The van der Waals surface area contributed by atoms with Crippen LogP contribution in [0.5, 0.6) is 5.75 Å². The molecule has 1 fully saturated rings. The third-order valence-corrected chi connectivity index (χ3v) is 2.72. The molecule has 0 radical (unpaired) electrons. The summed E-state index contributed by atoms with van der Waals surface area (Å²) >= 11 is 0. The number of hydrogen-bond acceptors (Lipinski definition) is 3. The molecule has 0 spiro atoms. The predicted molar refractivity (Wildman–Crippen MR) is 63.5 cm³/mol. The minimum atomic E-state index is 0.0492. The summed E-state index contributed by atoms with van der Waals surface area (Å²) < 4.78 is 11.2. The largest absolute Gasteiger partial charge is 0.491 e. The second-order valence-electron chi connectivity index (χ2n) is 4.48. The molecule has 2 atom stereocenters. The number of rotatable bonds is 3. The monoisotopic (exact) mass is 221 g/mol. The highest BCUT2D eigenvalue weighted by molar-refractivity contribution is 5.29. The zero-order chi connectivity index (χ0) is 11.5. The fourth-order valence-electron chi connectivity index (χ4n) is 1.96. The van der Waals surface area contributed by atoms with Crippen molar-refractivity contribution in [3.63, 3.8) is 0 Å². The maximum Gasteiger partial charge on any atom is 0.119 e. The Morgan fingerprint density at radius 3 is 2.50 bits per heavy atom. The molecular weight excluding hydrogens is 202 g/mol. The molecule has 0 aliphatic carbocycles. The average molecular weight is 221 g/mol. The van der Waals surface area contributed by atoms with Crippen LogP contribution in [-0.2, 0) is 4.74 Å². The van der Waals surface area contributed by atoms with E-state index in [9.17, 15) is 0 Å². The van der Waals surface area contributed by atoms with Gasteiger partial charge in [0.25, 0.3) is 0 Å². The van der Waals surface area contributed by atoms with Gasteiger partial charge in [-0.2, -0.15) is 0 Å². The number of nitrogens with two attached hydrogens (primary N) is 1. The van der Waals surface area contributed by atoms with Crippen molar-refractivity contribution in [3.8, 4) is 5.75 Å². The molecule has 88 valence electrons. The summed E-state index contributed by atoms with van der Waals surface area (Å²) in [5, 5.41) is 0. The van der Waals surface area contributed by atoms with E-state index in [1.165, 1.54) is 0 Å². The number of hydrogen-bond donors (Lipinski definition) is 1. The van der Waals surface area contributed by atoms with Gasteiger partial charge in [0.15, 0.2) is 0 Å². The van der Waals surface area contributed by atoms with Crippen LogP contribution in [-0.4, -0.2) is 18.8 Å². The van der Waals surface area contributed by atoms with Crippen LogP contribution in [0, 0.1) is 0 Å². The average Bonchev–Trinajstić information content (AvgIpc) is 2.65. The second kappa shape index (κ2) is 4.85. The van der Waals surface area contributed by atoms with Gasteiger partial charge in [0.05, 0.1) is 12.2 Å². The molecule has 3 heteroatoms. The Hall–Kier alpha value is -1.06. The smallest absolute Gasteiger partial charge is 0.119 e. The van der Waals surface area contributed by atoms with Crippen molar-refractivity contribution < 1.29 is 9.47 Å². The molecule has 1 aromatic rings. The van der Waals surface area contributed by atoms with Gasteiger partial charge in [-0.1, -0.05) is 12.1 Å². The molecule has 2 N–H and O–H groups in total. The van der Waals surface area contributed by atoms with E-state index in [4.69, 9.17) is 15.2 Å². The second-order valence-corrected chi connectivity index (χ2v) is 4.48. The van der Waals surface area contributed by atoms with E-state index in [2.05, 4.69) is 0 Å². The molecule has 2 rings (SSSR count). The first-order valence-electron chi connectivity index (χ1n) is 5.80. The van der Waals surface area contributed by atoms with Crippen LogP contribution in [0.2, 0.25) is 0 Å². The van der Waals surface area contributed by atoms with Crippen molar-refractivity contribution in [1.29, 1.82) is 0 Å². The highest BCUT2D eigenvalue weighted by atomic mass is 16.5. The van der Waals surface area contributed by atoms with Gasteiger partial charge in [-0.3, -0.25) is 0 Å². The lowest BCUT2D eigenvalue weighted by atomic mass is 10.0. The van der Waals surface area contributed by atoms with Gasteiger partial charge < -0.3 is 15.2 Å². The van der Waals surface area contributed by atoms with E-state index in [-0.39, 0.29) is 18.2 Å². The minimum absolute atomic E-state index is 0.0492. The Morgan fingerprint density at radius 1 is 1.31 bits per heavy atom. The summed E-state index contributed by atoms with van der Waals surface area (Å²) in [6.07, 6.45) is 1.19. The molecule has 1 saturated heterocycles. The van der Waals surface area contributed by atoms with Crippen LogP contribution >= 0.6 is 0 Å². The molecule has 2 unspecified atom stereocenters. The first-order chi connectivity index (χ1) is 7.66. The van der Waals surface area contributed by atoms with Crippen molar-refractivity contribution in [3.05, 3.63) is 29.8 Å². The summed E-state index contributed by atoms with van der Waals surface area (Å²) in [7, 11) is 0. The van der Waals surface area contributed by atoms with Crippen molar-refractivity contribution in [1.82, 2.24) is 0 Å². The van der Waals surface area contributed by atoms with Gasteiger partial charge in [-0.15, -0.1) is 0 Å². The highest BCUT2D eigenvalue weighted by Gasteiger charge is 2.26. The summed E-state index contributed by atoms with van der Waals surface area (Å²) in [6.45, 7) is 4.80. The Labute approximate surface area is 96.5 Å². The topological polar surface area (TPSA) is 44.5 Å². The molecule has 1 aromatic carbocycles. The zero-order valence-electron chi connectivity index (χ0n) is 9.85. The van der Waals surface area contributed by atoms with Gasteiger partial charge in [0.1, 0.15) is 5.75 Å². The van der Waals surface area contributed by atoms with E-state index < -0.39 is 0 Å². The molecule has 0 aromatic heterocycles. The number of ether oxygens (including phenoxy) is 2. The van der Waals surface area contributed by atoms with Crippen molar-refractivity contribution in [2.24, 2.45) is 5.73 Å². The summed E-state index contributed by atoms with van der Waals surface area (Å²) in [5.41, 5.74) is 7.11. The molecule has 3 nitrogen and oxygen atoms in total. The van der Waals surface area contributed by atoms with Crippen LogP contribution in [0.25, 0.3) is 0 Å². The van der Waals surface area contributed by atoms with Crippen LogP contribution in [0.4, 0.5) is 0 Å². The Balaban J connectivity index is 2.07. The lowest BCUT2D eigenvalue weighted by molar-refractivity contribution is 0.105. The fraction of sp³-hybridized carbons (Fsp3) is 0.538. The van der Waals surface area contributed by atoms with Gasteiger partial charge >= 0.3 is 0 Å². The normalized spacial score (nSPS) is 25.0. The quantitative estimate of drug-likeness (QED) is 0.851. The lowest BCUT2D eigenvalue weighted by Crippen LogP contribution is -2.23. The van der Waals surface area contributed by atoms with Gasteiger partial charge in [0, 0.05) is 12.6 Å². The van der Waals surface area contributed by atoms with Crippen LogP contribution < -0.4 is 10.5 Å². The van der Waals surface area contributed by atoms with E-state index in [1.54, 1.807) is 0 Å². The maximum atomic E-state index is 5.97. The molecular formula is C13H19NO2. The minimum Gasteiger partial charge on any atom is -0.491 e. The molecule has 0 bridgehead atoms. The Kier molecular flexibility index (Phi) is 3.46. The lowest BCUT2D eigenvalue weighted by Gasteiger charge is -2.16. The molecule has 16 heavy (non-hydrogen) atoms. The van der Waals surface area contributed by atoms with Crippen molar-refractivity contribution in [2.75, 3.05) is 6.61 Å². The molecule has 0 amide bonds. The van der Waals surface area contributed by atoms with E-state index in [0.29, 0.717) is 0 Å². The summed E-state index contributed by atoms with van der Waals surface area (Å²) in [5.74, 6) is 0.894. The molecule has 1 aliphatic heterocycles. The molecule has 1 aliphatic rings. The Morgan fingerprint density at radius 2 is 2.00 bits per heavy atom. The first kappa shape index (κ1) is 11.4. The number of benzene rings is 1. The third kappa shape index (κ3) is 2.54. The first-order valence-corrected chi connectivity index (χ1v) is 5.80. The van der Waals surface area contributed by atoms with Crippen LogP contribution in [0.15, 0.2) is 24.3 Å². The standard InChI is InChI=1S/C13H19NO2/c1-9(2)16-11-5-3-10(4-6-11)13-12(14)7-8-15-13/h3-6,9,12-13H,7-8,14H2,1-2H3. The SMILES string of the molecule is CC(C)Oc1ccc(C2OCCC2N)cc1. The van der Waals surface area contributed by atoms with Gasteiger partial charge in [0.2, 0.25) is 0 Å². The summed E-state index contributed by atoms with van der Waals surface area (Å²) in [6, 6.07) is 8.14. The molecule has 0 saturated carbocycles. The predicted octanol–water partition coefficient (Wildman–Crippen LogP) is 2.26. The highest BCUT2D eigenvalue weighted by Crippen LogP contribution is 2.28. The van der Waals surface area contributed by atoms with Crippen molar-refractivity contribution in [2.45, 2.75) is 38.5 Å². The van der Waals surface area contributed by atoms with Crippen LogP contribution in [0.3, 0.4) is 0 Å². The van der Waals surface area contributed by atoms with Crippen molar-refractivity contribution >= 4 is 0 Å².